The Hall–Kier alpha value is -3.68. The lowest BCUT2D eigenvalue weighted by Crippen LogP contribution is -2.61. The van der Waals surface area contributed by atoms with Gasteiger partial charge >= 0.3 is 5.97 Å². The molecular formula is C74H127NO10. The van der Waals surface area contributed by atoms with E-state index in [0.29, 0.717) is 12.8 Å². The van der Waals surface area contributed by atoms with Crippen molar-refractivity contribution in [3.8, 4) is 0 Å². The highest BCUT2D eigenvalue weighted by Gasteiger charge is 2.47. The Morgan fingerprint density at radius 3 is 1.29 bits per heavy atom. The van der Waals surface area contributed by atoms with Crippen molar-refractivity contribution < 1.29 is 49.3 Å². The number of aliphatic hydroxyl groups excluding tert-OH is 5. The lowest BCUT2D eigenvalue weighted by atomic mass is 9.99. The van der Waals surface area contributed by atoms with Crippen molar-refractivity contribution >= 4 is 11.9 Å². The number of hydrogen-bond acceptors (Lipinski definition) is 10. The molecule has 1 aliphatic heterocycles. The number of hydrogen-bond donors (Lipinski definition) is 6. The Bertz CT molecular complexity index is 1800. The smallest absolute Gasteiger partial charge is 0.306 e. The van der Waals surface area contributed by atoms with Crippen LogP contribution >= 0.6 is 0 Å². The van der Waals surface area contributed by atoms with Crippen LogP contribution in [0.2, 0.25) is 0 Å². The molecule has 488 valence electrons. The first-order valence-electron chi connectivity index (χ1n) is 34.7. The van der Waals surface area contributed by atoms with E-state index < -0.39 is 67.4 Å². The van der Waals surface area contributed by atoms with E-state index in [-0.39, 0.29) is 19.4 Å². The van der Waals surface area contributed by atoms with Gasteiger partial charge in [0.05, 0.1) is 25.4 Å². The van der Waals surface area contributed by atoms with Gasteiger partial charge in [-0.05, 0) is 109 Å². The maximum Gasteiger partial charge on any atom is 0.306 e. The predicted octanol–water partition coefficient (Wildman–Crippen LogP) is 17.6. The topological polar surface area (TPSA) is 175 Å². The van der Waals surface area contributed by atoms with E-state index in [1.807, 2.05) is 6.08 Å². The zero-order chi connectivity index (χ0) is 61.7. The second-order valence-corrected chi connectivity index (χ2v) is 23.5. The Balaban J connectivity index is 2.59. The summed E-state index contributed by atoms with van der Waals surface area (Å²) in [5.41, 5.74) is 0. The van der Waals surface area contributed by atoms with Crippen LogP contribution in [-0.2, 0) is 23.8 Å². The van der Waals surface area contributed by atoms with Gasteiger partial charge in [0.2, 0.25) is 5.91 Å². The van der Waals surface area contributed by atoms with Crippen LogP contribution in [0.15, 0.2) is 109 Å². The molecule has 0 aliphatic carbocycles. The first-order valence-corrected chi connectivity index (χ1v) is 34.7. The Morgan fingerprint density at radius 2 is 0.847 bits per heavy atom. The van der Waals surface area contributed by atoms with Crippen molar-refractivity contribution in [1.82, 2.24) is 5.32 Å². The number of esters is 1. The van der Waals surface area contributed by atoms with E-state index in [9.17, 15) is 35.1 Å². The van der Waals surface area contributed by atoms with Crippen LogP contribution in [0.3, 0.4) is 0 Å². The lowest BCUT2D eigenvalue weighted by molar-refractivity contribution is -0.305. The van der Waals surface area contributed by atoms with Crippen molar-refractivity contribution in [2.24, 2.45) is 0 Å². The number of nitrogens with one attached hydrogen (secondary N) is 1. The molecule has 8 atom stereocenters. The molecule has 1 rings (SSSR count). The lowest BCUT2D eigenvalue weighted by Gasteiger charge is -2.41. The summed E-state index contributed by atoms with van der Waals surface area (Å²) in [6, 6.07) is -1.04. The zero-order valence-corrected chi connectivity index (χ0v) is 54.2. The summed E-state index contributed by atoms with van der Waals surface area (Å²) < 4.78 is 17.7. The first kappa shape index (κ1) is 79.3. The van der Waals surface area contributed by atoms with Gasteiger partial charge in [0.1, 0.15) is 24.4 Å². The van der Waals surface area contributed by atoms with Gasteiger partial charge in [0.25, 0.3) is 0 Å². The normalized spacial score (nSPS) is 19.1. The summed E-state index contributed by atoms with van der Waals surface area (Å²) in [4.78, 5) is 26.7. The number of carbonyl (C=O) groups is 2. The van der Waals surface area contributed by atoms with Gasteiger partial charge in [0.15, 0.2) is 12.4 Å². The van der Waals surface area contributed by atoms with Gasteiger partial charge in [0, 0.05) is 6.42 Å². The summed E-state index contributed by atoms with van der Waals surface area (Å²) in [6.07, 6.45) is 72.6. The van der Waals surface area contributed by atoms with Crippen molar-refractivity contribution in [3.63, 3.8) is 0 Å². The monoisotopic (exact) mass is 1190 g/mol. The highest BCUT2D eigenvalue weighted by atomic mass is 16.7. The van der Waals surface area contributed by atoms with Crippen molar-refractivity contribution in [1.29, 1.82) is 0 Å². The van der Waals surface area contributed by atoms with E-state index in [1.54, 1.807) is 6.08 Å². The van der Waals surface area contributed by atoms with E-state index in [4.69, 9.17) is 14.2 Å². The fraction of sp³-hybridized carbons (Fsp3) is 0.730. The molecule has 0 aromatic carbocycles. The molecule has 0 saturated carbocycles. The third-order valence-corrected chi connectivity index (χ3v) is 15.7. The summed E-state index contributed by atoms with van der Waals surface area (Å²) in [5.74, 6) is -1.21. The first-order chi connectivity index (χ1) is 41.7. The molecule has 0 aromatic heterocycles. The van der Waals surface area contributed by atoms with Gasteiger partial charge in [-0.2, -0.15) is 0 Å². The Labute approximate surface area is 519 Å². The minimum atomic E-state index is -1.62. The number of amides is 1. The highest BCUT2D eigenvalue weighted by molar-refractivity contribution is 5.80. The molecule has 0 spiro atoms. The molecule has 1 saturated heterocycles. The quantitative estimate of drug-likeness (QED) is 0.0195. The van der Waals surface area contributed by atoms with Gasteiger partial charge in [-0.25, -0.2) is 0 Å². The van der Waals surface area contributed by atoms with Gasteiger partial charge in [-0.15, -0.1) is 0 Å². The average molecular weight is 1190 g/mol. The second kappa shape index (κ2) is 60.6. The van der Waals surface area contributed by atoms with Gasteiger partial charge in [-0.1, -0.05) is 278 Å². The summed E-state index contributed by atoms with van der Waals surface area (Å²) in [7, 11) is 0. The van der Waals surface area contributed by atoms with E-state index in [0.717, 1.165) is 128 Å². The molecule has 1 amide bonds. The maximum absolute atomic E-state index is 13.5. The van der Waals surface area contributed by atoms with Crippen LogP contribution in [0, 0.1) is 0 Å². The SMILES string of the molecule is CC/C=C\C/C=C\C/C=C\C/C=C\C/C=C\CCCCCCCCCCCC(=O)OC1C(OCC(NC(=O)C(O)CCCCCCCCC/C=C\C/C=C\C/C=C\CCCCC)C(O)/C=C/CCCCCCCCCCC)OC(CO)C(O)C1O. The minimum Gasteiger partial charge on any atom is -0.454 e. The molecule has 1 fully saturated rings. The fourth-order valence-electron chi connectivity index (χ4n) is 10.2. The van der Waals surface area contributed by atoms with Crippen LogP contribution < -0.4 is 5.32 Å². The van der Waals surface area contributed by atoms with Crippen LogP contribution in [0.1, 0.15) is 284 Å². The van der Waals surface area contributed by atoms with Crippen molar-refractivity contribution in [3.05, 3.63) is 109 Å². The summed E-state index contributed by atoms with van der Waals surface area (Å²) in [5, 5.41) is 57.2. The van der Waals surface area contributed by atoms with Crippen LogP contribution in [0.4, 0.5) is 0 Å². The molecule has 6 N–H and O–H groups in total. The number of rotatable bonds is 58. The zero-order valence-electron chi connectivity index (χ0n) is 54.2. The van der Waals surface area contributed by atoms with E-state index >= 15 is 0 Å². The molecule has 0 bridgehead atoms. The fourth-order valence-corrected chi connectivity index (χ4v) is 10.2. The number of carbonyl (C=O) groups excluding carboxylic acids is 2. The number of aliphatic hydroxyl groups is 5. The molecule has 8 unspecified atom stereocenters. The van der Waals surface area contributed by atoms with Gasteiger partial charge in [-0.3, -0.25) is 9.59 Å². The summed E-state index contributed by atoms with van der Waals surface area (Å²) >= 11 is 0. The third-order valence-electron chi connectivity index (χ3n) is 15.7. The minimum absolute atomic E-state index is 0.110. The van der Waals surface area contributed by atoms with E-state index in [1.165, 1.54) is 109 Å². The van der Waals surface area contributed by atoms with Crippen molar-refractivity contribution in [2.45, 2.75) is 333 Å². The molecule has 11 nitrogen and oxygen atoms in total. The standard InChI is InChI=1S/C74H127NO10/c1-4-7-10-13-16-19-22-24-26-28-30-32-33-34-35-36-38-40-42-44-47-50-53-56-59-62-69(79)85-72-71(81)70(80)68(63-76)84-74(72)83-64-65(66(77)60-57-54-51-48-45-21-18-15-12-9-6-3)75-73(82)67(78)61-58-55-52-49-46-43-41-39-37-31-29-27-25-23-20-17-14-11-8-5-2/h7,10,16-17,19-20,24-27,30-32,34-35,37,57,60,65-68,70-72,74,76-78,80-81H,4-6,8-9,11-15,18,21-23,28-29,33,36,38-56,58-59,61-64H2,1-3H3,(H,75,82)/b10-7-,19-16-,20-17-,26-24-,27-25-,32-30-,35-34-,37-31-,60-57+. The largest absolute Gasteiger partial charge is 0.454 e. The summed E-state index contributed by atoms with van der Waals surface area (Å²) in [6.45, 7) is 5.65. The number of ether oxygens (including phenoxy) is 3. The highest BCUT2D eigenvalue weighted by Crippen LogP contribution is 2.26. The van der Waals surface area contributed by atoms with Crippen LogP contribution in [0.5, 0.6) is 0 Å². The molecule has 11 heteroatoms. The van der Waals surface area contributed by atoms with Crippen LogP contribution in [0.25, 0.3) is 0 Å². The molecule has 85 heavy (non-hydrogen) atoms. The van der Waals surface area contributed by atoms with Gasteiger partial charge < -0.3 is 45.1 Å². The average Bonchev–Trinajstić information content (AvgIpc) is 2.90. The molecule has 0 radical (unpaired) electrons. The molecule has 1 heterocycles. The Morgan fingerprint density at radius 1 is 0.471 bits per heavy atom. The molecule has 1 aliphatic rings. The molecular weight excluding hydrogens is 1060 g/mol. The maximum atomic E-state index is 13.5. The number of allylic oxidation sites excluding steroid dienone is 17. The predicted molar refractivity (Wildman–Crippen MR) is 356 cm³/mol. The van der Waals surface area contributed by atoms with E-state index in [2.05, 4.69) is 123 Å². The number of unbranched alkanes of at least 4 members (excludes halogenated alkanes) is 28. The second-order valence-electron chi connectivity index (χ2n) is 23.5. The third kappa shape index (κ3) is 48.0. The van der Waals surface area contributed by atoms with Crippen molar-refractivity contribution in [2.75, 3.05) is 13.2 Å². The molecule has 0 aromatic rings. The Kier molecular flexibility index (Phi) is 56.6. The van der Waals surface area contributed by atoms with Crippen LogP contribution in [-0.4, -0.2) is 99.6 Å².